The summed E-state index contributed by atoms with van der Waals surface area (Å²) >= 11 is 0. The number of pyridine rings is 1. The summed E-state index contributed by atoms with van der Waals surface area (Å²) in [6.45, 7) is 7.72. The van der Waals surface area contributed by atoms with Crippen LogP contribution in [-0.4, -0.2) is 51.3 Å². The van der Waals surface area contributed by atoms with E-state index < -0.39 is 11.6 Å². The van der Waals surface area contributed by atoms with E-state index in [-0.39, 0.29) is 24.4 Å². The average Bonchev–Trinajstić information content (AvgIpc) is 3.28. The third-order valence-corrected chi connectivity index (χ3v) is 6.34. The highest BCUT2D eigenvalue weighted by atomic mass is 16.2. The standard InChI is InChI=1S/C25H30N4O3/c1-16-8-5-6-9-19(16)13-18-12-17(2)26-20(14-18)21-10-7-11-28(21)22(30)15-29-23(31)25(3,4)27-24(29)32/h5-6,8-9,12,14,21H,7,10-11,13,15H2,1-4H3,(H,27,32)/t21-/m1/s1. The smallest absolute Gasteiger partial charge is 0.325 e. The number of amides is 4. The molecule has 0 unspecified atom stereocenters. The van der Waals surface area contributed by atoms with Crippen LogP contribution in [0.1, 0.15) is 60.8 Å². The van der Waals surface area contributed by atoms with Crippen LogP contribution >= 0.6 is 0 Å². The molecule has 4 rings (SSSR count). The van der Waals surface area contributed by atoms with Gasteiger partial charge in [0.05, 0.1) is 11.7 Å². The van der Waals surface area contributed by atoms with Gasteiger partial charge in [-0.2, -0.15) is 0 Å². The van der Waals surface area contributed by atoms with Crippen molar-refractivity contribution in [3.63, 3.8) is 0 Å². The van der Waals surface area contributed by atoms with Crippen LogP contribution in [0.3, 0.4) is 0 Å². The van der Waals surface area contributed by atoms with E-state index in [4.69, 9.17) is 4.98 Å². The molecule has 7 heteroatoms. The number of imide groups is 1. The van der Waals surface area contributed by atoms with E-state index in [1.165, 1.54) is 11.1 Å². The molecule has 2 aliphatic heterocycles. The van der Waals surface area contributed by atoms with Crippen molar-refractivity contribution in [2.45, 2.75) is 58.5 Å². The van der Waals surface area contributed by atoms with Crippen LogP contribution in [0.25, 0.3) is 0 Å². The fraction of sp³-hybridized carbons (Fsp3) is 0.440. The van der Waals surface area contributed by atoms with Gasteiger partial charge < -0.3 is 10.2 Å². The fourth-order valence-electron chi connectivity index (χ4n) is 4.63. The van der Waals surface area contributed by atoms with E-state index in [1.807, 2.05) is 19.1 Å². The van der Waals surface area contributed by atoms with Gasteiger partial charge in [-0.05, 0) is 75.8 Å². The van der Waals surface area contributed by atoms with E-state index in [0.29, 0.717) is 6.54 Å². The number of aryl methyl sites for hydroxylation is 2. The molecule has 0 bridgehead atoms. The molecule has 0 aliphatic carbocycles. The summed E-state index contributed by atoms with van der Waals surface area (Å²) in [5, 5.41) is 2.63. The Balaban J connectivity index is 1.54. The molecular weight excluding hydrogens is 404 g/mol. The van der Waals surface area contributed by atoms with Crippen LogP contribution in [0.15, 0.2) is 36.4 Å². The molecule has 1 aromatic carbocycles. The van der Waals surface area contributed by atoms with E-state index in [2.05, 4.69) is 36.5 Å². The number of hydrogen-bond acceptors (Lipinski definition) is 4. The molecule has 2 saturated heterocycles. The second-order valence-electron chi connectivity index (χ2n) is 9.34. The lowest BCUT2D eigenvalue weighted by molar-refractivity contribution is -0.139. The Morgan fingerprint density at radius 1 is 1.19 bits per heavy atom. The van der Waals surface area contributed by atoms with Crippen LogP contribution in [0.5, 0.6) is 0 Å². The minimum Gasteiger partial charge on any atom is -0.333 e. The van der Waals surface area contributed by atoms with Gasteiger partial charge >= 0.3 is 6.03 Å². The Hall–Kier alpha value is -3.22. The van der Waals surface area contributed by atoms with E-state index >= 15 is 0 Å². The second kappa shape index (κ2) is 8.37. The van der Waals surface area contributed by atoms with Crippen molar-refractivity contribution in [2.75, 3.05) is 13.1 Å². The van der Waals surface area contributed by atoms with Gasteiger partial charge in [0.25, 0.3) is 5.91 Å². The predicted molar refractivity (Wildman–Crippen MR) is 121 cm³/mol. The topological polar surface area (TPSA) is 82.6 Å². The van der Waals surface area contributed by atoms with Crippen molar-refractivity contribution in [3.05, 3.63) is 64.5 Å². The van der Waals surface area contributed by atoms with Crippen molar-refractivity contribution in [2.24, 2.45) is 0 Å². The Morgan fingerprint density at radius 2 is 1.94 bits per heavy atom. The molecule has 4 amide bonds. The van der Waals surface area contributed by atoms with Crippen molar-refractivity contribution < 1.29 is 14.4 Å². The first kappa shape index (κ1) is 22.0. The summed E-state index contributed by atoms with van der Waals surface area (Å²) in [5.74, 6) is -0.599. The quantitative estimate of drug-likeness (QED) is 0.732. The van der Waals surface area contributed by atoms with Gasteiger partial charge in [-0.1, -0.05) is 24.3 Å². The van der Waals surface area contributed by atoms with Gasteiger partial charge in [0.2, 0.25) is 5.91 Å². The minimum absolute atomic E-state index is 0.146. The predicted octanol–water partition coefficient (Wildman–Crippen LogP) is 3.28. The number of rotatable bonds is 5. The van der Waals surface area contributed by atoms with E-state index in [9.17, 15) is 14.4 Å². The van der Waals surface area contributed by atoms with Gasteiger partial charge in [0, 0.05) is 12.2 Å². The Morgan fingerprint density at radius 3 is 2.62 bits per heavy atom. The first-order chi connectivity index (χ1) is 15.2. The first-order valence-corrected chi connectivity index (χ1v) is 11.1. The lowest BCUT2D eigenvalue weighted by atomic mass is 9.98. The maximum absolute atomic E-state index is 13.1. The largest absolute Gasteiger partial charge is 0.333 e. The van der Waals surface area contributed by atoms with E-state index in [0.717, 1.165) is 41.1 Å². The van der Waals surface area contributed by atoms with Crippen molar-refractivity contribution in [1.82, 2.24) is 20.1 Å². The second-order valence-corrected chi connectivity index (χ2v) is 9.34. The highest BCUT2D eigenvalue weighted by Crippen LogP contribution is 2.32. The molecule has 2 aromatic rings. The van der Waals surface area contributed by atoms with Gasteiger partial charge in [-0.3, -0.25) is 19.5 Å². The highest BCUT2D eigenvalue weighted by molar-refractivity contribution is 6.08. The Labute approximate surface area is 188 Å². The van der Waals surface area contributed by atoms with Crippen LogP contribution in [0.4, 0.5) is 4.79 Å². The molecule has 2 aliphatic rings. The SMILES string of the molecule is Cc1cc(Cc2ccccc2C)cc([C@H]2CCCN2C(=O)CN2C(=O)NC(C)(C)C2=O)n1. The normalized spacial score (nSPS) is 20.1. The summed E-state index contributed by atoms with van der Waals surface area (Å²) in [7, 11) is 0. The number of nitrogens with one attached hydrogen (secondary N) is 1. The van der Waals surface area contributed by atoms with Crippen molar-refractivity contribution in [1.29, 1.82) is 0 Å². The third kappa shape index (κ3) is 4.24. The minimum atomic E-state index is -0.982. The molecule has 1 atom stereocenters. The molecule has 0 spiro atoms. The molecule has 168 valence electrons. The number of carbonyl (C=O) groups excluding carboxylic acids is 3. The lowest BCUT2D eigenvalue weighted by Gasteiger charge is -2.26. The summed E-state index contributed by atoms with van der Waals surface area (Å²) in [6, 6.07) is 11.8. The third-order valence-electron chi connectivity index (χ3n) is 6.34. The molecule has 0 saturated carbocycles. The molecule has 1 aromatic heterocycles. The molecular formula is C25H30N4O3. The van der Waals surface area contributed by atoms with Gasteiger partial charge in [-0.15, -0.1) is 0 Å². The zero-order valence-corrected chi connectivity index (χ0v) is 19.1. The fourth-order valence-corrected chi connectivity index (χ4v) is 4.63. The number of aromatic nitrogens is 1. The summed E-state index contributed by atoms with van der Waals surface area (Å²) < 4.78 is 0. The zero-order chi connectivity index (χ0) is 23.0. The van der Waals surface area contributed by atoms with Crippen LogP contribution in [0.2, 0.25) is 0 Å². The summed E-state index contributed by atoms with van der Waals surface area (Å²) in [4.78, 5) is 45.3. The van der Waals surface area contributed by atoms with Crippen LogP contribution in [-0.2, 0) is 16.0 Å². The lowest BCUT2D eigenvalue weighted by Crippen LogP contribution is -2.44. The summed E-state index contributed by atoms with van der Waals surface area (Å²) in [5.41, 5.74) is 4.49. The molecule has 3 heterocycles. The Kier molecular flexibility index (Phi) is 5.75. The number of hydrogen-bond donors (Lipinski definition) is 1. The average molecular weight is 435 g/mol. The molecule has 1 N–H and O–H groups in total. The van der Waals surface area contributed by atoms with Gasteiger partial charge in [0.15, 0.2) is 0 Å². The molecule has 2 fully saturated rings. The van der Waals surface area contributed by atoms with Crippen LogP contribution in [0, 0.1) is 13.8 Å². The number of benzene rings is 1. The van der Waals surface area contributed by atoms with Crippen molar-refractivity contribution in [3.8, 4) is 0 Å². The van der Waals surface area contributed by atoms with Gasteiger partial charge in [0.1, 0.15) is 12.1 Å². The van der Waals surface area contributed by atoms with Gasteiger partial charge in [-0.25, -0.2) is 4.79 Å². The van der Waals surface area contributed by atoms with Crippen molar-refractivity contribution >= 4 is 17.8 Å². The van der Waals surface area contributed by atoms with Crippen LogP contribution < -0.4 is 5.32 Å². The molecule has 7 nitrogen and oxygen atoms in total. The number of likely N-dealkylation sites (tertiary alicyclic amines) is 1. The monoisotopic (exact) mass is 434 g/mol. The number of urea groups is 1. The zero-order valence-electron chi connectivity index (χ0n) is 19.1. The number of nitrogens with zero attached hydrogens (tertiary/aromatic N) is 3. The van der Waals surface area contributed by atoms with E-state index in [1.54, 1.807) is 18.7 Å². The molecule has 32 heavy (non-hydrogen) atoms. The number of carbonyl (C=O) groups is 3. The maximum atomic E-state index is 13.1. The first-order valence-electron chi connectivity index (χ1n) is 11.1. The maximum Gasteiger partial charge on any atom is 0.325 e. The Bertz CT molecular complexity index is 1080. The highest BCUT2D eigenvalue weighted by Gasteiger charge is 2.46. The summed E-state index contributed by atoms with van der Waals surface area (Å²) in [6.07, 6.45) is 2.49. The molecule has 0 radical (unpaired) electrons.